The van der Waals surface area contributed by atoms with Gasteiger partial charge in [-0.2, -0.15) is 0 Å². The zero-order valence-corrected chi connectivity index (χ0v) is 36.7. The van der Waals surface area contributed by atoms with E-state index in [1.807, 2.05) is 12.2 Å². The molecule has 13 nitrogen and oxygen atoms in total. The fraction of sp³-hybridized carbons (Fsp3) is 0.711. The van der Waals surface area contributed by atoms with Gasteiger partial charge in [0, 0.05) is 50.5 Å². The predicted octanol–water partition coefficient (Wildman–Crippen LogP) is 8.05. The van der Waals surface area contributed by atoms with Crippen LogP contribution in [-0.4, -0.2) is 88.7 Å². The number of phosphoric ester groups is 1. The van der Waals surface area contributed by atoms with Gasteiger partial charge in [0.2, 0.25) is 0 Å². The van der Waals surface area contributed by atoms with E-state index in [1.165, 1.54) is 19.3 Å². The molecule has 0 aromatic carbocycles. The van der Waals surface area contributed by atoms with Gasteiger partial charge < -0.3 is 35.4 Å². The number of Topliss-reactive ketones (excluding diaryl/α,β-unsaturated/α-hetero) is 1. The minimum absolute atomic E-state index is 0.0111. The molecule has 59 heavy (non-hydrogen) atoms. The normalized spacial score (nSPS) is 20.7. The summed E-state index contributed by atoms with van der Waals surface area (Å²) in [4.78, 5) is 47.9. The van der Waals surface area contributed by atoms with Gasteiger partial charge >= 0.3 is 19.8 Å². The van der Waals surface area contributed by atoms with Crippen molar-refractivity contribution in [1.29, 1.82) is 0 Å². The van der Waals surface area contributed by atoms with Gasteiger partial charge in [-0.1, -0.05) is 107 Å². The number of aliphatic hydroxyl groups is 3. The van der Waals surface area contributed by atoms with Crippen molar-refractivity contribution in [2.45, 2.75) is 167 Å². The maximum Gasteiger partial charge on any atom is 0.472 e. The van der Waals surface area contributed by atoms with Gasteiger partial charge in [-0.15, -0.1) is 0 Å². The summed E-state index contributed by atoms with van der Waals surface area (Å²) >= 11 is 0. The van der Waals surface area contributed by atoms with Crippen LogP contribution in [0, 0.1) is 11.8 Å². The van der Waals surface area contributed by atoms with Gasteiger partial charge in [-0.05, 0) is 64.2 Å². The second kappa shape index (κ2) is 34.9. The Morgan fingerprint density at radius 2 is 1.34 bits per heavy atom. The molecule has 0 aliphatic heterocycles. The SMILES string of the molecule is CCCCC/C=C\C/C=C\C/C=C\C/C=C\CCCC(=O)O[C@H](COC(=O)CCCCC(=O)C[C@@H]1[C@@H](/C=C/[C@@H](O)CCCCC)[C@H](O)C[C@@H]1O)COP(=O)(O)OCCN. The van der Waals surface area contributed by atoms with E-state index in [9.17, 15) is 39.2 Å². The lowest BCUT2D eigenvalue weighted by Crippen LogP contribution is -2.29. The molecule has 0 amide bonds. The minimum atomic E-state index is -4.49. The van der Waals surface area contributed by atoms with Crippen LogP contribution in [0.2, 0.25) is 0 Å². The smallest absolute Gasteiger partial charge is 0.462 e. The van der Waals surface area contributed by atoms with Crippen LogP contribution >= 0.6 is 7.82 Å². The van der Waals surface area contributed by atoms with Gasteiger partial charge in [-0.25, -0.2) is 4.57 Å². The first-order chi connectivity index (χ1) is 28.4. The molecule has 14 heteroatoms. The Kier molecular flexibility index (Phi) is 32.1. The van der Waals surface area contributed by atoms with Crippen molar-refractivity contribution in [3.05, 3.63) is 60.8 Å². The van der Waals surface area contributed by atoms with E-state index in [0.717, 1.165) is 44.9 Å². The molecule has 1 fully saturated rings. The van der Waals surface area contributed by atoms with Crippen molar-refractivity contribution < 1.29 is 57.7 Å². The molecule has 0 aromatic heterocycles. The van der Waals surface area contributed by atoms with Crippen molar-refractivity contribution in [3.63, 3.8) is 0 Å². The van der Waals surface area contributed by atoms with E-state index in [4.69, 9.17) is 24.3 Å². The largest absolute Gasteiger partial charge is 0.472 e. The summed E-state index contributed by atoms with van der Waals surface area (Å²) in [5.41, 5.74) is 5.33. The maximum atomic E-state index is 12.8. The lowest BCUT2D eigenvalue weighted by molar-refractivity contribution is -0.161. The average Bonchev–Trinajstić information content (AvgIpc) is 3.47. The number of allylic oxidation sites excluding steroid dienone is 8. The lowest BCUT2D eigenvalue weighted by Gasteiger charge is -2.20. The molecule has 0 heterocycles. The zero-order chi connectivity index (χ0) is 43.6. The highest BCUT2D eigenvalue weighted by atomic mass is 31.2. The molecule has 338 valence electrons. The summed E-state index contributed by atoms with van der Waals surface area (Å²) in [5.74, 6) is -2.19. The summed E-state index contributed by atoms with van der Waals surface area (Å²) in [6.45, 7) is 3.08. The van der Waals surface area contributed by atoms with Crippen LogP contribution in [0.3, 0.4) is 0 Å². The molecule has 1 rings (SSSR count). The Morgan fingerprint density at radius 3 is 1.98 bits per heavy atom. The number of rotatable bonds is 36. The Hall–Kier alpha value is -2.74. The molecule has 1 unspecified atom stereocenters. The molecular formula is C45H76NO12P. The average molecular weight is 854 g/mol. The molecule has 1 saturated carbocycles. The summed E-state index contributed by atoms with van der Waals surface area (Å²) in [6, 6.07) is 0. The number of esters is 2. The highest BCUT2D eigenvalue weighted by Gasteiger charge is 2.41. The highest BCUT2D eigenvalue weighted by molar-refractivity contribution is 7.47. The lowest BCUT2D eigenvalue weighted by atomic mass is 9.87. The van der Waals surface area contributed by atoms with Crippen molar-refractivity contribution >= 4 is 25.5 Å². The van der Waals surface area contributed by atoms with Crippen LogP contribution in [0.25, 0.3) is 0 Å². The number of carbonyl (C=O) groups excluding carboxylic acids is 3. The third kappa shape index (κ3) is 29.2. The fourth-order valence-electron chi connectivity index (χ4n) is 6.50. The summed E-state index contributed by atoms with van der Waals surface area (Å²) < 4.78 is 32.6. The van der Waals surface area contributed by atoms with Crippen LogP contribution < -0.4 is 5.73 Å². The van der Waals surface area contributed by atoms with Gasteiger partial charge in [0.15, 0.2) is 6.10 Å². The van der Waals surface area contributed by atoms with Crippen molar-refractivity contribution in [2.75, 3.05) is 26.4 Å². The number of ketones is 1. The van der Waals surface area contributed by atoms with Crippen LogP contribution in [0.1, 0.15) is 142 Å². The first kappa shape index (κ1) is 54.3. The van der Waals surface area contributed by atoms with E-state index in [1.54, 1.807) is 12.2 Å². The van der Waals surface area contributed by atoms with Crippen molar-refractivity contribution in [3.8, 4) is 0 Å². The maximum absolute atomic E-state index is 12.8. The summed E-state index contributed by atoms with van der Waals surface area (Å²) in [6.07, 6.45) is 30.4. The standard InChI is InChI=1S/C45H76NO12P/c1-3-5-7-8-9-10-11-12-13-14-15-16-17-18-19-20-22-28-45(52)58-39(36-57-59(53,54)56-32-31-46)35-55-44(51)27-24-23-26-38(48)33-41-40(42(49)34-43(41)50)30-29-37(47)25-21-6-4-2/h9-10,12-13,15-16,18-19,29-30,37,39-43,47,49-50H,3-8,11,14,17,20-28,31-36,46H2,1-2H3,(H,53,54)/b10-9-,13-12-,16-15-,19-18-,30-29+/t37-,39+,40+,41+,42+,43-/m0/s1. The van der Waals surface area contributed by atoms with Crippen molar-refractivity contribution in [1.82, 2.24) is 0 Å². The Balaban J connectivity index is 2.47. The molecule has 1 aliphatic rings. The molecule has 0 radical (unpaired) electrons. The Morgan fingerprint density at radius 1 is 0.746 bits per heavy atom. The number of hydrogen-bond acceptors (Lipinski definition) is 12. The van der Waals surface area contributed by atoms with Crippen molar-refractivity contribution in [2.24, 2.45) is 17.6 Å². The number of phosphoric acid groups is 1. The molecule has 0 spiro atoms. The van der Waals surface area contributed by atoms with Gasteiger partial charge in [0.05, 0.1) is 31.5 Å². The summed E-state index contributed by atoms with van der Waals surface area (Å²) in [5, 5.41) is 31.3. The number of aliphatic hydroxyl groups excluding tert-OH is 3. The third-order valence-corrected chi connectivity index (χ3v) is 10.8. The second-order valence-electron chi connectivity index (χ2n) is 15.2. The molecule has 6 N–H and O–H groups in total. The number of nitrogens with two attached hydrogens (primary N) is 1. The quantitative estimate of drug-likeness (QED) is 0.0175. The van der Waals surface area contributed by atoms with E-state index in [-0.39, 0.29) is 51.0 Å². The Labute approximate surface area is 353 Å². The van der Waals surface area contributed by atoms with Gasteiger partial charge in [0.1, 0.15) is 12.4 Å². The number of hydrogen-bond donors (Lipinski definition) is 5. The van der Waals surface area contributed by atoms with E-state index in [2.05, 4.69) is 50.3 Å². The minimum Gasteiger partial charge on any atom is -0.462 e. The molecule has 0 aromatic rings. The fourth-order valence-corrected chi connectivity index (χ4v) is 7.27. The van der Waals surface area contributed by atoms with Crippen LogP contribution in [0.5, 0.6) is 0 Å². The topological polar surface area (TPSA) is 212 Å². The Bertz CT molecular complexity index is 1330. The number of ether oxygens (including phenoxy) is 2. The van der Waals surface area contributed by atoms with Gasteiger partial charge in [-0.3, -0.25) is 23.4 Å². The van der Waals surface area contributed by atoms with E-state index >= 15 is 0 Å². The molecule has 1 aliphatic carbocycles. The second-order valence-corrected chi connectivity index (χ2v) is 16.6. The molecule has 0 bridgehead atoms. The highest BCUT2D eigenvalue weighted by Crippen LogP contribution is 2.43. The zero-order valence-electron chi connectivity index (χ0n) is 35.8. The molecular weight excluding hydrogens is 777 g/mol. The monoisotopic (exact) mass is 854 g/mol. The number of unbranched alkanes of at least 4 members (excludes halogenated alkanes) is 7. The van der Waals surface area contributed by atoms with Crippen LogP contribution in [-0.2, 0) is 37.5 Å². The van der Waals surface area contributed by atoms with Crippen LogP contribution in [0.15, 0.2) is 60.8 Å². The third-order valence-electron chi connectivity index (χ3n) is 9.86. The first-order valence-electron chi connectivity index (χ1n) is 21.9. The molecule has 0 saturated heterocycles. The number of carbonyl (C=O) groups is 3. The molecule has 7 atom stereocenters. The summed E-state index contributed by atoms with van der Waals surface area (Å²) in [7, 11) is -4.49. The van der Waals surface area contributed by atoms with E-state index < -0.39 is 69.2 Å². The first-order valence-corrected chi connectivity index (χ1v) is 23.4. The van der Waals surface area contributed by atoms with Crippen LogP contribution in [0.4, 0.5) is 0 Å². The predicted molar refractivity (Wildman–Crippen MR) is 231 cm³/mol. The van der Waals surface area contributed by atoms with E-state index in [0.29, 0.717) is 32.1 Å². The van der Waals surface area contributed by atoms with Gasteiger partial charge in [0.25, 0.3) is 0 Å².